The van der Waals surface area contributed by atoms with E-state index in [1.165, 1.54) is 7.11 Å². The van der Waals surface area contributed by atoms with Crippen LogP contribution in [0.15, 0.2) is 0 Å². The van der Waals surface area contributed by atoms with Crippen molar-refractivity contribution in [2.75, 3.05) is 20.2 Å². The molecule has 0 spiro atoms. The summed E-state index contributed by atoms with van der Waals surface area (Å²) >= 11 is 0. The monoisotopic (exact) mass is 202 g/mol. The van der Waals surface area contributed by atoms with Crippen LogP contribution in [-0.2, 0) is 9.53 Å². The van der Waals surface area contributed by atoms with E-state index in [1.54, 1.807) is 0 Å². The topological polar surface area (TPSA) is 64.3 Å². The Labute approximate surface area is 86.2 Å². The molecule has 0 bridgehead atoms. The molecule has 0 saturated carbocycles. The largest absolute Gasteiger partial charge is 0.370 e. The first-order chi connectivity index (χ1) is 6.52. The molecule has 0 radical (unpaired) electrons. The van der Waals surface area contributed by atoms with E-state index in [4.69, 9.17) is 10.5 Å². The van der Waals surface area contributed by atoms with Crippen molar-refractivity contribution in [1.29, 1.82) is 0 Å². The van der Waals surface area contributed by atoms with Gasteiger partial charge >= 0.3 is 0 Å². The number of carbonyl (C=O) groups excluding carboxylic acids is 1. The number of methoxy groups -OCH3 is 1. The number of hydrogen-bond acceptors (Lipinski definition) is 3. The molecule has 0 saturated heterocycles. The standard InChI is InChI=1S/C10H22N2O2/c1-7(2)8(3)6-12-10(13)9(5-11)14-4/h7-9H,5-6,11H2,1-4H3,(H,12,13). The molecule has 0 rings (SSSR count). The second kappa shape index (κ2) is 6.79. The van der Waals surface area contributed by atoms with Crippen molar-refractivity contribution in [3.05, 3.63) is 0 Å². The van der Waals surface area contributed by atoms with Crippen LogP contribution < -0.4 is 11.1 Å². The number of rotatable bonds is 6. The highest BCUT2D eigenvalue weighted by atomic mass is 16.5. The Hall–Kier alpha value is -0.610. The molecule has 0 aromatic heterocycles. The molecule has 2 unspecified atom stereocenters. The Morgan fingerprint density at radius 1 is 1.43 bits per heavy atom. The maximum absolute atomic E-state index is 11.4. The lowest BCUT2D eigenvalue weighted by molar-refractivity contribution is -0.130. The molecule has 2 atom stereocenters. The van der Waals surface area contributed by atoms with Crippen molar-refractivity contribution in [3.8, 4) is 0 Å². The normalized spacial score (nSPS) is 15.3. The first kappa shape index (κ1) is 13.4. The van der Waals surface area contributed by atoms with Gasteiger partial charge in [-0.05, 0) is 11.8 Å². The summed E-state index contributed by atoms with van der Waals surface area (Å²) in [7, 11) is 1.49. The first-order valence-corrected chi connectivity index (χ1v) is 5.03. The second-order valence-corrected chi connectivity index (χ2v) is 3.93. The zero-order chi connectivity index (χ0) is 11.1. The van der Waals surface area contributed by atoms with Crippen LogP contribution in [-0.4, -0.2) is 32.2 Å². The molecule has 0 aromatic carbocycles. The van der Waals surface area contributed by atoms with Gasteiger partial charge < -0.3 is 15.8 Å². The fourth-order valence-electron chi connectivity index (χ4n) is 0.921. The number of nitrogens with one attached hydrogen (secondary N) is 1. The van der Waals surface area contributed by atoms with E-state index in [0.29, 0.717) is 18.4 Å². The van der Waals surface area contributed by atoms with Gasteiger partial charge in [-0.25, -0.2) is 0 Å². The van der Waals surface area contributed by atoms with Gasteiger partial charge in [-0.3, -0.25) is 4.79 Å². The van der Waals surface area contributed by atoms with Crippen LogP contribution in [0.4, 0.5) is 0 Å². The highest BCUT2D eigenvalue weighted by Crippen LogP contribution is 2.07. The predicted octanol–water partition coefficient (Wildman–Crippen LogP) is 0.368. The van der Waals surface area contributed by atoms with Crippen molar-refractivity contribution < 1.29 is 9.53 Å². The van der Waals surface area contributed by atoms with Crippen molar-refractivity contribution in [2.45, 2.75) is 26.9 Å². The van der Waals surface area contributed by atoms with E-state index in [0.717, 1.165) is 0 Å². The highest BCUT2D eigenvalue weighted by molar-refractivity contribution is 5.80. The van der Waals surface area contributed by atoms with Crippen molar-refractivity contribution >= 4 is 5.91 Å². The van der Waals surface area contributed by atoms with Crippen LogP contribution in [0.1, 0.15) is 20.8 Å². The van der Waals surface area contributed by atoms with E-state index in [-0.39, 0.29) is 12.5 Å². The summed E-state index contributed by atoms with van der Waals surface area (Å²) in [5.41, 5.74) is 5.36. The minimum atomic E-state index is -0.519. The van der Waals surface area contributed by atoms with Crippen molar-refractivity contribution in [2.24, 2.45) is 17.6 Å². The minimum Gasteiger partial charge on any atom is -0.370 e. The maximum Gasteiger partial charge on any atom is 0.250 e. The molecular formula is C10H22N2O2. The van der Waals surface area contributed by atoms with Crippen LogP contribution in [0, 0.1) is 11.8 Å². The lowest BCUT2D eigenvalue weighted by atomic mass is 9.98. The molecule has 1 amide bonds. The van der Waals surface area contributed by atoms with Gasteiger partial charge in [-0.15, -0.1) is 0 Å². The van der Waals surface area contributed by atoms with Gasteiger partial charge in [-0.2, -0.15) is 0 Å². The predicted molar refractivity (Wildman–Crippen MR) is 56.9 cm³/mol. The van der Waals surface area contributed by atoms with Gasteiger partial charge in [0.25, 0.3) is 0 Å². The van der Waals surface area contributed by atoms with Crippen LogP contribution in [0.3, 0.4) is 0 Å². The molecule has 4 nitrogen and oxygen atoms in total. The SMILES string of the molecule is COC(CN)C(=O)NCC(C)C(C)C. The average molecular weight is 202 g/mol. The van der Waals surface area contributed by atoms with Gasteiger partial charge in [0.05, 0.1) is 0 Å². The van der Waals surface area contributed by atoms with Crippen molar-refractivity contribution in [3.63, 3.8) is 0 Å². The molecule has 14 heavy (non-hydrogen) atoms. The molecular weight excluding hydrogens is 180 g/mol. The van der Waals surface area contributed by atoms with Gasteiger partial charge in [0.15, 0.2) is 0 Å². The lowest BCUT2D eigenvalue weighted by Gasteiger charge is -2.18. The minimum absolute atomic E-state index is 0.123. The molecule has 3 N–H and O–H groups in total. The number of ether oxygens (including phenoxy) is 1. The Bertz CT molecular complexity index is 168. The second-order valence-electron chi connectivity index (χ2n) is 3.93. The summed E-state index contributed by atoms with van der Waals surface area (Å²) in [6.07, 6.45) is -0.519. The molecule has 0 fully saturated rings. The molecule has 0 heterocycles. The quantitative estimate of drug-likeness (QED) is 0.654. The van der Waals surface area contributed by atoms with Crippen LogP contribution in [0.25, 0.3) is 0 Å². The number of hydrogen-bond donors (Lipinski definition) is 2. The van der Waals surface area contributed by atoms with Gasteiger partial charge in [0.2, 0.25) is 5.91 Å². The molecule has 0 aliphatic heterocycles. The lowest BCUT2D eigenvalue weighted by Crippen LogP contribution is -2.42. The van der Waals surface area contributed by atoms with E-state index in [9.17, 15) is 4.79 Å². The summed E-state index contributed by atoms with van der Waals surface area (Å²) in [4.78, 5) is 11.4. The summed E-state index contributed by atoms with van der Waals surface area (Å²) in [5.74, 6) is 0.908. The third kappa shape index (κ3) is 4.58. The average Bonchev–Trinajstić information content (AvgIpc) is 2.15. The highest BCUT2D eigenvalue weighted by Gasteiger charge is 2.16. The Morgan fingerprint density at radius 2 is 2.00 bits per heavy atom. The number of amides is 1. The summed E-state index contributed by atoms with van der Waals surface area (Å²) in [6, 6.07) is 0. The Balaban J connectivity index is 3.83. The molecule has 4 heteroatoms. The summed E-state index contributed by atoms with van der Waals surface area (Å²) in [6.45, 7) is 7.27. The molecule has 0 aromatic rings. The van der Waals surface area contributed by atoms with E-state index in [2.05, 4.69) is 26.1 Å². The smallest absolute Gasteiger partial charge is 0.250 e. The van der Waals surface area contributed by atoms with Crippen LogP contribution in [0.2, 0.25) is 0 Å². The van der Waals surface area contributed by atoms with E-state index < -0.39 is 6.10 Å². The van der Waals surface area contributed by atoms with Crippen molar-refractivity contribution in [1.82, 2.24) is 5.32 Å². The first-order valence-electron chi connectivity index (χ1n) is 5.03. The zero-order valence-corrected chi connectivity index (χ0v) is 9.54. The number of nitrogens with two attached hydrogens (primary N) is 1. The fourth-order valence-corrected chi connectivity index (χ4v) is 0.921. The maximum atomic E-state index is 11.4. The van der Waals surface area contributed by atoms with Gasteiger partial charge in [0.1, 0.15) is 6.10 Å². The molecule has 0 aliphatic carbocycles. The zero-order valence-electron chi connectivity index (χ0n) is 9.54. The van der Waals surface area contributed by atoms with Crippen LogP contribution in [0.5, 0.6) is 0 Å². The van der Waals surface area contributed by atoms with Crippen LogP contribution >= 0.6 is 0 Å². The van der Waals surface area contributed by atoms with E-state index in [1.807, 2.05) is 0 Å². The van der Waals surface area contributed by atoms with E-state index >= 15 is 0 Å². The molecule has 0 aliphatic rings. The number of carbonyl (C=O) groups is 1. The summed E-state index contributed by atoms with van der Waals surface area (Å²) < 4.78 is 4.92. The van der Waals surface area contributed by atoms with Gasteiger partial charge in [-0.1, -0.05) is 20.8 Å². The summed E-state index contributed by atoms with van der Waals surface area (Å²) in [5, 5.41) is 2.82. The third-order valence-corrected chi connectivity index (χ3v) is 2.53. The van der Waals surface area contributed by atoms with Gasteiger partial charge in [0, 0.05) is 20.2 Å². The Kier molecular flexibility index (Phi) is 6.49. The Morgan fingerprint density at radius 3 is 2.36 bits per heavy atom. The fraction of sp³-hybridized carbons (Fsp3) is 0.900. The third-order valence-electron chi connectivity index (χ3n) is 2.53. The molecule has 84 valence electrons.